The topological polar surface area (TPSA) is 41.8 Å². The highest BCUT2D eigenvalue weighted by atomic mass is 16.5. The van der Waals surface area contributed by atoms with Crippen LogP contribution in [0.1, 0.15) is 30.4 Å². The second kappa shape index (κ2) is 3.33. The monoisotopic (exact) mass is 191 g/mol. The number of ether oxygens (including phenoxy) is 1. The van der Waals surface area contributed by atoms with Gasteiger partial charge in [-0.15, -0.1) is 0 Å². The van der Waals surface area contributed by atoms with E-state index >= 15 is 0 Å². The largest absolute Gasteiger partial charge is 0.496 e. The smallest absolute Gasteiger partial charge is 0.122 e. The summed E-state index contributed by atoms with van der Waals surface area (Å²) in [5.74, 6) is 1.25. The van der Waals surface area contributed by atoms with Gasteiger partial charge in [0, 0.05) is 17.5 Å². The molecule has 0 amide bonds. The Morgan fingerprint density at radius 1 is 1.50 bits per heavy atom. The molecule has 0 aromatic heterocycles. The van der Waals surface area contributed by atoms with Crippen molar-refractivity contribution in [2.75, 3.05) is 7.11 Å². The minimum atomic E-state index is 0.368. The molecule has 0 saturated carbocycles. The number of nitrogens with zero attached hydrogens (tertiary/aromatic N) is 1. The lowest BCUT2D eigenvalue weighted by molar-refractivity contribution is 0.318. The second-order valence-electron chi connectivity index (χ2n) is 3.57. The third-order valence-corrected chi connectivity index (χ3v) is 2.71. The molecule has 1 aliphatic carbocycles. The first kappa shape index (κ1) is 9.06. The molecule has 3 heteroatoms. The number of methoxy groups -OCH3 is 1. The van der Waals surface area contributed by atoms with Crippen LogP contribution in [0, 0.1) is 0 Å². The van der Waals surface area contributed by atoms with Crippen LogP contribution in [0.25, 0.3) is 0 Å². The lowest BCUT2D eigenvalue weighted by Gasteiger charge is -2.09. The van der Waals surface area contributed by atoms with E-state index < -0.39 is 0 Å². The van der Waals surface area contributed by atoms with Gasteiger partial charge in [-0.1, -0.05) is 24.2 Å². The normalized spacial score (nSPS) is 22.4. The van der Waals surface area contributed by atoms with E-state index in [9.17, 15) is 0 Å². The van der Waals surface area contributed by atoms with Crippen LogP contribution in [0.15, 0.2) is 23.4 Å². The molecular weight excluding hydrogens is 178 g/mol. The molecule has 1 atom stereocenters. The van der Waals surface area contributed by atoms with E-state index in [2.05, 4.69) is 12.1 Å². The molecule has 3 nitrogen and oxygen atoms in total. The van der Waals surface area contributed by atoms with E-state index in [1.54, 1.807) is 7.11 Å². The first-order valence-corrected chi connectivity index (χ1v) is 4.66. The van der Waals surface area contributed by atoms with Crippen molar-refractivity contribution in [2.24, 2.45) is 5.16 Å². The second-order valence-corrected chi connectivity index (χ2v) is 3.57. The van der Waals surface area contributed by atoms with Gasteiger partial charge in [0.1, 0.15) is 5.75 Å². The zero-order valence-corrected chi connectivity index (χ0v) is 8.32. The van der Waals surface area contributed by atoms with Gasteiger partial charge in [0.15, 0.2) is 0 Å². The van der Waals surface area contributed by atoms with Gasteiger partial charge in [-0.05, 0) is 12.0 Å². The van der Waals surface area contributed by atoms with Crippen molar-refractivity contribution in [2.45, 2.75) is 19.3 Å². The van der Waals surface area contributed by atoms with Crippen LogP contribution in [0.5, 0.6) is 5.75 Å². The molecule has 1 unspecified atom stereocenters. The third kappa shape index (κ3) is 1.16. The zero-order valence-electron chi connectivity index (χ0n) is 8.32. The van der Waals surface area contributed by atoms with E-state index in [4.69, 9.17) is 9.94 Å². The molecule has 0 spiro atoms. The molecular formula is C11H13NO2. The Bertz CT molecular complexity index is 385. The van der Waals surface area contributed by atoms with Gasteiger partial charge in [0.2, 0.25) is 0 Å². The molecule has 0 bridgehead atoms. The van der Waals surface area contributed by atoms with Crippen molar-refractivity contribution >= 4 is 5.71 Å². The Morgan fingerprint density at radius 3 is 2.93 bits per heavy atom. The minimum Gasteiger partial charge on any atom is -0.496 e. The maximum atomic E-state index is 8.84. The van der Waals surface area contributed by atoms with E-state index in [0.717, 1.165) is 29.0 Å². The zero-order chi connectivity index (χ0) is 10.1. The number of fused-ring (bicyclic) bond motifs is 1. The molecule has 2 rings (SSSR count). The molecule has 1 aromatic rings. The van der Waals surface area contributed by atoms with Gasteiger partial charge in [0.05, 0.1) is 12.8 Å². The summed E-state index contributed by atoms with van der Waals surface area (Å²) in [4.78, 5) is 0. The molecule has 74 valence electrons. The fourth-order valence-corrected chi connectivity index (χ4v) is 2.08. The molecule has 0 saturated heterocycles. The van der Waals surface area contributed by atoms with Gasteiger partial charge < -0.3 is 9.94 Å². The van der Waals surface area contributed by atoms with Gasteiger partial charge in [-0.2, -0.15) is 0 Å². The molecule has 0 heterocycles. The van der Waals surface area contributed by atoms with Gasteiger partial charge in [-0.3, -0.25) is 0 Å². The summed E-state index contributed by atoms with van der Waals surface area (Å²) in [6, 6.07) is 5.83. The first-order valence-electron chi connectivity index (χ1n) is 4.66. The number of rotatable bonds is 1. The van der Waals surface area contributed by atoms with Gasteiger partial charge >= 0.3 is 0 Å². The molecule has 1 N–H and O–H groups in total. The lowest BCUT2D eigenvalue weighted by atomic mass is 10.0. The summed E-state index contributed by atoms with van der Waals surface area (Å²) < 4.78 is 5.28. The van der Waals surface area contributed by atoms with E-state index in [1.807, 2.05) is 18.2 Å². The Morgan fingerprint density at radius 2 is 2.29 bits per heavy atom. The molecule has 1 aliphatic rings. The van der Waals surface area contributed by atoms with Crippen LogP contribution < -0.4 is 4.74 Å². The maximum Gasteiger partial charge on any atom is 0.122 e. The highest BCUT2D eigenvalue weighted by Crippen LogP contribution is 2.39. The molecule has 0 aliphatic heterocycles. The van der Waals surface area contributed by atoms with Gasteiger partial charge in [-0.25, -0.2) is 0 Å². The van der Waals surface area contributed by atoms with Crippen molar-refractivity contribution in [1.82, 2.24) is 0 Å². The van der Waals surface area contributed by atoms with Crippen LogP contribution in [0.3, 0.4) is 0 Å². The highest BCUT2D eigenvalue weighted by Gasteiger charge is 2.27. The third-order valence-electron chi connectivity index (χ3n) is 2.71. The van der Waals surface area contributed by atoms with Gasteiger partial charge in [0.25, 0.3) is 0 Å². The van der Waals surface area contributed by atoms with Crippen molar-refractivity contribution in [3.05, 3.63) is 29.3 Å². The summed E-state index contributed by atoms with van der Waals surface area (Å²) >= 11 is 0. The van der Waals surface area contributed by atoms with Crippen LogP contribution in [0.4, 0.5) is 0 Å². The van der Waals surface area contributed by atoms with Crippen molar-refractivity contribution < 1.29 is 9.94 Å². The highest BCUT2D eigenvalue weighted by molar-refractivity contribution is 6.05. The van der Waals surface area contributed by atoms with Crippen LogP contribution in [0.2, 0.25) is 0 Å². The summed E-state index contributed by atoms with van der Waals surface area (Å²) in [6.07, 6.45) is 0.784. The van der Waals surface area contributed by atoms with Crippen LogP contribution in [-0.4, -0.2) is 18.0 Å². The summed E-state index contributed by atoms with van der Waals surface area (Å²) in [5, 5.41) is 12.2. The Hall–Kier alpha value is -1.51. The molecule has 14 heavy (non-hydrogen) atoms. The van der Waals surface area contributed by atoms with E-state index in [-0.39, 0.29) is 0 Å². The van der Waals surface area contributed by atoms with Crippen molar-refractivity contribution in [1.29, 1.82) is 0 Å². The SMILES string of the molecule is COc1cccc2c1C(C)C/C2=N\O. The number of hydrogen-bond donors (Lipinski definition) is 1. The minimum absolute atomic E-state index is 0.368. The lowest BCUT2D eigenvalue weighted by Crippen LogP contribution is -1.95. The number of oxime groups is 1. The molecule has 0 radical (unpaired) electrons. The Balaban J connectivity index is 2.61. The number of hydrogen-bond acceptors (Lipinski definition) is 3. The Kier molecular flexibility index (Phi) is 2.15. The summed E-state index contributed by atoms with van der Waals surface area (Å²) in [7, 11) is 1.66. The number of benzene rings is 1. The average Bonchev–Trinajstić information content (AvgIpc) is 2.55. The molecule has 0 fully saturated rings. The average molecular weight is 191 g/mol. The standard InChI is InChI=1S/C11H13NO2/c1-7-6-9(12-13)8-4-3-5-10(14-2)11(7)8/h3-5,7,13H,6H2,1-2H3/b12-9+. The predicted molar refractivity (Wildman–Crippen MR) is 54.3 cm³/mol. The predicted octanol–water partition coefficient (Wildman–Crippen LogP) is 2.38. The fraction of sp³-hybridized carbons (Fsp3) is 0.364. The van der Waals surface area contributed by atoms with E-state index in [1.165, 1.54) is 0 Å². The first-order chi connectivity index (χ1) is 6.77. The van der Waals surface area contributed by atoms with Crippen LogP contribution >= 0.6 is 0 Å². The van der Waals surface area contributed by atoms with Crippen LogP contribution in [-0.2, 0) is 0 Å². The fourth-order valence-electron chi connectivity index (χ4n) is 2.08. The van der Waals surface area contributed by atoms with E-state index in [0.29, 0.717) is 5.92 Å². The van der Waals surface area contributed by atoms with Crippen molar-refractivity contribution in [3.8, 4) is 5.75 Å². The molecule has 1 aromatic carbocycles. The maximum absolute atomic E-state index is 8.84. The van der Waals surface area contributed by atoms with Crippen molar-refractivity contribution in [3.63, 3.8) is 0 Å². The summed E-state index contributed by atoms with van der Waals surface area (Å²) in [6.45, 7) is 2.11. The quantitative estimate of drug-likeness (QED) is 0.547. The Labute approximate surface area is 83.0 Å². The summed E-state index contributed by atoms with van der Waals surface area (Å²) in [5.41, 5.74) is 2.92.